The van der Waals surface area contributed by atoms with Crippen LogP contribution in [-0.2, 0) is 0 Å². The Morgan fingerprint density at radius 2 is 1.59 bits per heavy atom. The Morgan fingerprint density at radius 1 is 1.00 bits per heavy atom. The first-order valence-corrected chi connectivity index (χ1v) is 8.38. The molecule has 0 aromatic heterocycles. The summed E-state index contributed by atoms with van der Waals surface area (Å²) in [5.41, 5.74) is 0.614. The van der Waals surface area contributed by atoms with Crippen LogP contribution < -0.4 is 0 Å². The minimum absolute atomic E-state index is 0.188. The molecule has 3 rings (SSSR count). The van der Waals surface area contributed by atoms with Crippen LogP contribution >= 0.6 is 0 Å². The molecule has 0 amide bonds. The highest BCUT2D eigenvalue weighted by Crippen LogP contribution is 2.49. The molecule has 3 atom stereocenters. The maximum Gasteiger partial charge on any atom is 0.335 e. The number of hydrogen-bond acceptors (Lipinski definition) is 2. The minimum Gasteiger partial charge on any atom is -0.478 e. The predicted octanol–water partition coefficient (Wildman–Crippen LogP) is 4.56. The van der Waals surface area contributed by atoms with Crippen LogP contribution in [0.3, 0.4) is 0 Å². The van der Waals surface area contributed by atoms with Gasteiger partial charge < -0.3 is 5.11 Å². The highest BCUT2D eigenvalue weighted by Gasteiger charge is 2.43. The first-order valence-electron chi connectivity index (χ1n) is 8.38. The van der Waals surface area contributed by atoms with Gasteiger partial charge in [0.15, 0.2) is 5.78 Å². The van der Waals surface area contributed by atoms with E-state index in [2.05, 4.69) is 6.92 Å². The Morgan fingerprint density at radius 3 is 2.23 bits per heavy atom. The number of rotatable bonds is 3. The fourth-order valence-corrected chi connectivity index (χ4v) is 4.44. The van der Waals surface area contributed by atoms with Gasteiger partial charge in [-0.05, 0) is 43.2 Å². The number of carbonyl (C=O) groups excluding carboxylic acids is 1. The van der Waals surface area contributed by atoms with Gasteiger partial charge in [0.05, 0.1) is 5.56 Å². The largest absolute Gasteiger partial charge is 0.478 e. The van der Waals surface area contributed by atoms with Crippen LogP contribution in [0.5, 0.6) is 0 Å². The number of carbonyl (C=O) groups is 2. The number of carboxylic acid groups (broad SMARTS) is 1. The lowest BCUT2D eigenvalue weighted by molar-refractivity contribution is 0.0496. The van der Waals surface area contributed by atoms with Crippen LogP contribution in [0.1, 0.15) is 72.6 Å². The molecule has 2 aliphatic rings. The maximum atomic E-state index is 12.9. The molecule has 22 heavy (non-hydrogen) atoms. The van der Waals surface area contributed by atoms with Crippen LogP contribution in [-0.4, -0.2) is 16.9 Å². The van der Waals surface area contributed by atoms with Gasteiger partial charge >= 0.3 is 5.97 Å². The average Bonchev–Trinajstić information content (AvgIpc) is 2.54. The topological polar surface area (TPSA) is 54.4 Å². The maximum absolute atomic E-state index is 12.9. The molecule has 0 radical (unpaired) electrons. The van der Waals surface area contributed by atoms with E-state index in [-0.39, 0.29) is 16.8 Å². The molecule has 0 spiro atoms. The van der Waals surface area contributed by atoms with E-state index in [1.165, 1.54) is 44.2 Å². The number of aromatic carboxylic acids is 1. The first-order chi connectivity index (χ1) is 10.5. The Kier molecular flexibility index (Phi) is 4.07. The van der Waals surface area contributed by atoms with Gasteiger partial charge in [0, 0.05) is 11.0 Å². The first kappa shape index (κ1) is 15.3. The van der Waals surface area contributed by atoms with Crippen LogP contribution in [0.15, 0.2) is 24.3 Å². The Balaban J connectivity index is 1.77. The molecule has 3 heteroatoms. The third-order valence-corrected chi connectivity index (χ3v) is 5.79. The number of carboxylic acids is 1. The number of hydrogen-bond donors (Lipinski definition) is 1. The standard InChI is InChI=1S/C19H24O3/c1-19(11-10-13-4-2-3-5-16(13)12-19)17(20)14-6-8-15(9-7-14)18(21)22/h6-9,13,16H,2-5,10-12H2,1H3,(H,21,22)/t13-,16-,19+/m0/s1. The zero-order valence-corrected chi connectivity index (χ0v) is 13.2. The summed E-state index contributed by atoms with van der Waals surface area (Å²) in [6, 6.07) is 6.41. The molecular weight excluding hydrogens is 276 g/mol. The van der Waals surface area contributed by atoms with E-state index in [1.807, 2.05) is 0 Å². The zero-order chi connectivity index (χ0) is 15.7. The van der Waals surface area contributed by atoms with E-state index in [9.17, 15) is 9.59 Å². The molecule has 3 nitrogen and oxygen atoms in total. The fourth-order valence-electron chi connectivity index (χ4n) is 4.44. The molecule has 1 N–H and O–H groups in total. The SMILES string of the molecule is C[C@@]1(C(=O)c2ccc(C(=O)O)cc2)CC[C@@H]2CCCC[C@H]2C1. The van der Waals surface area contributed by atoms with Crippen molar-refractivity contribution >= 4 is 11.8 Å². The summed E-state index contributed by atoms with van der Waals surface area (Å²) >= 11 is 0. The lowest BCUT2D eigenvalue weighted by Gasteiger charge is -2.44. The normalized spacial score (nSPS) is 31.3. The van der Waals surface area contributed by atoms with Gasteiger partial charge in [-0.3, -0.25) is 4.79 Å². The Labute approximate surface area is 131 Å². The number of ketones is 1. The molecule has 0 unspecified atom stereocenters. The summed E-state index contributed by atoms with van der Waals surface area (Å²) in [6.07, 6.45) is 8.39. The molecular formula is C19H24O3. The van der Waals surface area contributed by atoms with E-state index in [4.69, 9.17) is 5.11 Å². The molecule has 2 aliphatic carbocycles. The average molecular weight is 300 g/mol. The zero-order valence-electron chi connectivity index (χ0n) is 13.2. The molecule has 0 aliphatic heterocycles. The summed E-state index contributed by atoms with van der Waals surface area (Å²) in [5.74, 6) is 0.764. The second kappa shape index (κ2) is 5.86. The quantitative estimate of drug-likeness (QED) is 0.832. The highest BCUT2D eigenvalue weighted by molar-refractivity contribution is 6.01. The van der Waals surface area contributed by atoms with Gasteiger partial charge in [-0.15, -0.1) is 0 Å². The van der Waals surface area contributed by atoms with Crippen molar-refractivity contribution in [3.63, 3.8) is 0 Å². The summed E-state index contributed by atoms with van der Waals surface area (Å²) in [5, 5.41) is 8.96. The van der Waals surface area contributed by atoms with Gasteiger partial charge in [0.2, 0.25) is 0 Å². The van der Waals surface area contributed by atoms with Gasteiger partial charge in [0.1, 0.15) is 0 Å². The van der Waals surface area contributed by atoms with Gasteiger partial charge in [-0.2, -0.15) is 0 Å². The van der Waals surface area contributed by atoms with Crippen molar-refractivity contribution in [2.24, 2.45) is 17.3 Å². The number of fused-ring (bicyclic) bond motifs is 1. The van der Waals surface area contributed by atoms with Gasteiger partial charge in [-0.1, -0.05) is 44.7 Å². The Bertz CT molecular complexity index is 575. The highest BCUT2D eigenvalue weighted by atomic mass is 16.4. The summed E-state index contributed by atoms with van der Waals surface area (Å²) < 4.78 is 0. The van der Waals surface area contributed by atoms with Crippen molar-refractivity contribution in [1.29, 1.82) is 0 Å². The van der Waals surface area contributed by atoms with Crippen LogP contribution in [0.25, 0.3) is 0 Å². The smallest absolute Gasteiger partial charge is 0.335 e. The van der Waals surface area contributed by atoms with E-state index in [0.717, 1.165) is 18.8 Å². The summed E-state index contributed by atoms with van der Waals surface area (Å²) in [6.45, 7) is 2.10. The number of benzene rings is 1. The van der Waals surface area contributed by atoms with Crippen molar-refractivity contribution < 1.29 is 14.7 Å². The van der Waals surface area contributed by atoms with Crippen molar-refractivity contribution in [2.45, 2.75) is 51.9 Å². The minimum atomic E-state index is -0.951. The molecule has 0 bridgehead atoms. The van der Waals surface area contributed by atoms with Crippen LogP contribution in [0.2, 0.25) is 0 Å². The Hall–Kier alpha value is -1.64. The van der Waals surface area contributed by atoms with E-state index in [0.29, 0.717) is 11.5 Å². The van der Waals surface area contributed by atoms with Crippen LogP contribution in [0.4, 0.5) is 0 Å². The van der Waals surface area contributed by atoms with Crippen molar-refractivity contribution in [3.8, 4) is 0 Å². The van der Waals surface area contributed by atoms with E-state index < -0.39 is 5.97 Å². The van der Waals surface area contributed by atoms with Crippen LogP contribution in [0, 0.1) is 17.3 Å². The summed E-state index contributed by atoms with van der Waals surface area (Å²) in [4.78, 5) is 23.8. The third kappa shape index (κ3) is 2.81. The van der Waals surface area contributed by atoms with Crippen molar-refractivity contribution in [1.82, 2.24) is 0 Å². The molecule has 2 fully saturated rings. The molecule has 2 saturated carbocycles. The van der Waals surface area contributed by atoms with E-state index >= 15 is 0 Å². The van der Waals surface area contributed by atoms with Gasteiger partial charge in [0.25, 0.3) is 0 Å². The molecule has 1 aromatic rings. The molecule has 1 aromatic carbocycles. The predicted molar refractivity (Wildman–Crippen MR) is 85.1 cm³/mol. The van der Waals surface area contributed by atoms with E-state index in [1.54, 1.807) is 12.1 Å². The fraction of sp³-hybridized carbons (Fsp3) is 0.579. The van der Waals surface area contributed by atoms with Gasteiger partial charge in [-0.25, -0.2) is 4.79 Å². The molecule has 0 saturated heterocycles. The van der Waals surface area contributed by atoms with Crippen molar-refractivity contribution in [2.75, 3.05) is 0 Å². The third-order valence-electron chi connectivity index (χ3n) is 5.79. The second-order valence-corrected chi connectivity index (χ2v) is 7.32. The lowest BCUT2D eigenvalue weighted by atomic mass is 9.60. The summed E-state index contributed by atoms with van der Waals surface area (Å²) in [7, 11) is 0. The number of Topliss-reactive ketones (excluding diaryl/α,β-unsaturated/α-hetero) is 1. The second-order valence-electron chi connectivity index (χ2n) is 7.32. The monoisotopic (exact) mass is 300 g/mol. The lowest BCUT2D eigenvalue weighted by Crippen LogP contribution is -2.38. The van der Waals surface area contributed by atoms with Crippen molar-refractivity contribution in [3.05, 3.63) is 35.4 Å². The molecule has 118 valence electrons. The molecule has 0 heterocycles.